The van der Waals surface area contributed by atoms with Crippen LogP contribution in [0.1, 0.15) is 46.0 Å². The second-order valence-electron chi connectivity index (χ2n) is 7.89. The number of carbonyl (C=O) groups is 1. The van der Waals surface area contributed by atoms with Crippen LogP contribution in [0.5, 0.6) is 5.75 Å². The van der Waals surface area contributed by atoms with Crippen molar-refractivity contribution in [3.63, 3.8) is 0 Å². The van der Waals surface area contributed by atoms with Crippen LogP contribution in [-0.2, 0) is 23.8 Å². The third kappa shape index (κ3) is 4.96. The van der Waals surface area contributed by atoms with Crippen LogP contribution in [0.2, 0.25) is 0 Å². The van der Waals surface area contributed by atoms with E-state index in [0.29, 0.717) is 23.6 Å². The van der Waals surface area contributed by atoms with Crippen molar-refractivity contribution in [1.29, 1.82) is 0 Å². The van der Waals surface area contributed by atoms with Crippen LogP contribution < -0.4 is 4.74 Å². The lowest BCUT2D eigenvalue weighted by molar-refractivity contribution is -0.138. The molecule has 8 heteroatoms. The molecule has 0 unspecified atom stereocenters. The number of aryl methyl sites for hydroxylation is 2. The number of benzene rings is 2. The molecule has 1 aliphatic carbocycles. The van der Waals surface area contributed by atoms with Crippen molar-refractivity contribution in [3.05, 3.63) is 69.7 Å². The van der Waals surface area contributed by atoms with E-state index in [1.165, 1.54) is 23.5 Å². The molecule has 1 aromatic heterocycles. The maximum absolute atomic E-state index is 12.8. The summed E-state index contributed by atoms with van der Waals surface area (Å²) < 4.78 is 44.2. The molecule has 0 saturated heterocycles. The summed E-state index contributed by atoms with van der Waals surface area (Å²) in [6.45, 7) is 2.37. The quantitative estimate of drug-likeness (QED) is 0.451. The number of nitrogens with zero attached hydrogens (tertiary/aromatic N) is 1. The Bertz CT molecular complexity index is 1120. The Morgan fingerprint density at radius 1 is 1.22 bits per heavy atom. The van der Waals surface area contributed by atoms with E-state index in [2.05, 4.69) is 4.98 Å². The zero-order valence-corrected chi connectivity index (χ0v) is 18.2. The average molecular weight is 462 g/mol. The highest BCUT2D eigenvalue weighted by molar-refractivity contribution is 7.15. The molecule has 1 aliphatic rings. The predicted molar refractivity (Wildman–Crippen MR) is 116 cm³/mol. The molecule has 0 bridgehead atoms. The minimum absolute atomic E-state index is 0.0674. The van der Waals surface area contributed by atoms with E-state index in [0.717, 1.165) is 52.4 Å². The molecule has 0 amide bonds. The van der Waals surface area contributed by atoms with Gasteiger partial charge in [0.25, 0.3) is 0 Å². The number of hydrogen-bond donors (Lipinski definition) is 1. The Morgan fingerprint density at radius 3 is 2.66 bits per heavy atom. The number of carboxylic acid groups (broad SMARTS) is 1. The molecule has 4 nitrogen and oxygen atoms in total. The average Bonchev–Trinajstić information content (AvgIpc) is 3.30. The zero-order chi connectivity index (χ0) is 22.9. The molecule has 1 atom stereocenters. The number of ether oxygens (including phenoxy) is 1. The Hall–Kier alpha value is -2.87. The van der Waals surface area contributed by atoms with Gasteiger partial charge in [0, 0.05) is 16.9 Å². The number of aromatic nitrogens is 1. The van der Waals surface area contributed by atoms with Gasteiger partial charge in [-0.1, -0.05) is 18.2 Å². The highest BCUT2D eigenvalue weighted by atomic mass is 32.1. The van der Waals surface area contributed by atoms with E-state index in [1.54, 1.807) is 0 Å². The summed E-state index contributed by atoms with van der Waals surface area (Å²) >= 11 is 1.45. The van der Waals surface area contributed by atoms with Crippen LogP contribution in [0.3, 0.4) is 0 Å². The van der Waals surface area contributed by atoms with Crippen molar-refractivity contribution in [2.75, 3.05) is 6.61 Å². The van der Waals surface area contributed by atoms with Crippen LogP contribution in [0.25, 0.3) is 10.6 Å². The van der Waals surface area contributed by atoms with Crippen molar-refractivity contribution in [3.8, 4) is 16.3 Å². The maximum Gasteiger partial charge on any atom is 0.416 e. The van der Waals surface area contributed by atoms with Crippen molar-refractivity contribution >= 4 is 17.3 Å². The molecule has 2 aromatic carbocycles. The van der Waals surface area contributed by atoms with Gasteiger partial charge in [-0.05, 0) is 61.1 Å². The second kappa shape index (κ2) is 8.94. The van der Waals surface area contributed by atoms with Crippen molar-refractivity contribution in [2.45, 2.75) is 44.7 Å². The van der Waals surface area contributed by atoms with Gasteiger partial charge in [0.2, 0.25) is 0 Å². The lowest BCUT2D eigenvalue weighted by Gasteiger charge is -2.10. The first kappa shape index (κ1) is 22.3. The Morgan fingerprint density at radius 2 is 1.97 bits per heavy atom. The molecule has 0 saturated carbocycles. The third-order valence-electron chi connectivity index (χ3n) is 5.70. The molecule has 0 fully saturated rings. The number of fused-ring (bicyclic) bond motifs is 1. The molecule has 0 aliphatic heterocycles. The SMILES string of the molecule is Cc1sc(-c2ccc(C(F)(F)F)cc2)nc1CCOc1ccc2c(c1)CC[C@H]2CC(=O)O. The molecule has 1 N–H and O–H groups in total. The van der Waals surface area contributed by atoms with E-state index in [-0.39, 0.29) is 12.3 Å². The van der Waals surface area contributed by atoms with Crippen molar-refractivity contribution < 1.29 is 27.8 Å². The summed E-state index contributed by atoms with van der Waals surface area (Å²) in [5.74, 6) is 0.0332. The molecular formula is C24H22F3NO3S. The normalized spacial score (nSPS) is 15.6. The predicted octanol–water partition coefficient (Wildman–Crippen LogP) is 6.26. The van der Waals surface area contributed by atoms with E-state index in [1.807, 2.05) is 25.1 Å². The number of alkyl halides is 3. The van der Waals surface area contributed by atoms with E-state index in [4.69, 9.17) is 9.84 Å². The lowest BCUT2D eigenvalue weighted by Crippen LogP contribution is -2.04. The smallest absolute Gasteiger partial charge is 0.416 e. The van der Waals surface area contributed by atoms with E-state index < -0.39 is 17.7 Å². The second-order valence-corrected chi connectivity index (χ2v) is 9.09. The topological polar surface area (TPSA) is 59.4 Å². The Balaban J connectivity index is 1.37. The molecule has 4 rings (SSSR count). The largest absolute Gasteiger partial charge is 0.493 e. The molecule has 0 spiro atoms. The van der Waals surface area contributed by atoms with Crippen LogP contribution >= 0.6 is 11.3 Å². The number of aliphatic carboxylic acids is 1. The van der Waals surface area contributed by atoms with Crippen LogP contribution in [0.4, 0.5) is 13.2 Å². The van der Waals surface area contributed by atoms with Crippen molar-refractivity contribution in [1.82, 2.24) is 4.98 Å². The van der Waals surface area contributed by atoms with Crippen LogP contribution in [-0.4, -0.2) is 22.7 Å². The molecular weight excluding hydrogens is 439 g/mol. The highest BCUT2D eigenvalue weighted by Crippen LogP contribution is 2.37. The molecule has 1 heterocycles. The summed E-state index contributed by atoms with van der Waals surface area (Å²) in [4.78, 5) is 16.6. The van der Waals surface area contributed by atoms with Gasteiger partial charge < -0.3 is 9.84 Å². The summed E-state index contributed by atoms with van der Waals surface area (Å²) in [7, 11) is 0. The standard InChI is InChI=1S/C24H22F3NO3S/c1-14-21(28-23(32-14)15-4-6-18(7-5-15)24(25,26)27)10-11-31-19-8-9-20-16(12-19)2-3-17(20)13-22(29)30/h4-9,12,17H,2-3,10-11,13H2,1H3,(H,29,30)/t17-/m0/s1. The zero-order valence-electron chi connectivity index (χ0n) is 17.4. The number of rotatable bonds is 7. The minimum Gasteiger partial charge on any atom is -0.493 e. The van der Waals surface area contributed by atoms with Gasteiger partial charge in [-0.3, -0.25) is 4.79 Å². The number of thiazole rings is 1. The van der Waals surface area contributed by atoms with Gasteiger partial charge in [0.1, 0.15) is 10.8 Å². The maximum atomic E-state index is 12.8. The first-order valence-corrected chi connectivity index (χ1v) is 11.1. The number of carboxylic acids is 1. The Labute approximate surface area is 187 Å². The molecule has 3 aromatic rings. The van der Waals surface area contributed by atoms with Gasteiger partial charge in [-0.2, -0.15) is 13.2 Å². The minimum atomic E-state index is -4.35. The first-order chi connectivity index (χ1) is 15.2. The fraction of sp³-hybridized carbons (Fsp3) is 0.333. The van der Waals surface area contributed by atoms with Gasteiger partial charge in [-0.15, -0.1) is 11.3 Å². The fourth-order valence-corrected chi connectivity index (χ4v) is 5.01. The van der Waals surface area contributed by atoms with Gasteiger partial charge in [-0.25, -0.2) is 4.98 Å². The molecule has 32 heavy (non-hydrogen) atoms. The summed E-state index contributed by atoms with van der Waals surface area (Å²) in [5.41, 5.74) is 3.09. The molecule has 168 valence electrons. The van der Waals surface area contributed by atoms with E-state index >= 15 is 0 Å². The highest BCUT2D eigenvalue weighted by Gasteiger charge is 2.30. The van der Waals surface area contributed by atoms with E-state index in [9.17, 15) is 18.0 Å². The Kier molecular flexibility index (Phi) is 6.24. The first-order valence-electron chi connectivity index (χ1n) is 10.3. The van der Waals surface area contributed by atoms with Gasteiger partial charge in [0.05, 0.1) is 24.3 Å². The molecule has 0 radical (unpaired) electrons. The summed E-state index contributed by atoms with van der Waals surface area (Å²) in [6, 6.07) is 10.9. The monoisotopic (exact) mass is 461 g/mol. The van der Waals surface area contributed by atoms with Gasteiger partial charge >= 0.3 is 12.1 Å². The summed E-state index contributed by atoms with van der Waals surface area (Å²) in [6.07, 6.45) is -1.92. The third-order valence-corrected chi connectivity index (χ3v) is 6.76. The van der Waals surface area contributed by atoms with Crippen LogP contribution in [0.15, 0.2) is 42.5 Å². The number of halogens is 3. The van der Waals surface area contributed by atoms with Crippen LogP contribution in [0, 0.1) is 6.92 Å². The number of hydrogen-bond acceptors (Lipinski definition) is 4. The fourth-order valence-electron chi connectivity index (χ4n) is 4.05. The summed E-state index contributed by atoms with van der Waals surface area (Å²) in [5, 5.41) is 9.73. The van der Waals surface area contributed by atoms with Gasteiger partial charge in [0.15, 0.2) is 0 Å². The lowest BCUT2D eigenvalue weighted by atomic mass is 9.98. The van der Waals surface area contributed by atoms with Crippen molar-refractivity contribution in [2.24, 2.45) is 0 Å².